The van der Waals surface area contributed by atoms with Crippen LogP contribution in [0.25, 0.3) is 0 Å². The highest BCUT2D eigenvalue weighted by Crippen LogP contribution is 2.32. The molecular formula is C16H25N3S. The number of nitrogens with zero attached hydrogens (tertiary/aromatic N) is 2. The lowest BCUT2D eigenvalue weighted by Crippen LogP contribution is -2.28. The number of hydrogen-bond donors (Lipinski definition) is 1. The Labute approximate surface area is 126 Å². The summed E-state index contributed by atoms with van der Waals surface area (Å²) >= 11 is 2.08. The van der Waals surface area contributed by atoms with Crippen molar-refractivity contribution in [3.05, 3.63) is 23.9 Å². The average molecular weight is 291 g/mol. The normalized spacial score (nSPS) is 22.6. The Hall–Kier alpha value is -0.740. The van der Waals surface area contributed by atoms with Gasteiger partial charge in [0.05, 0.1) is 0 Å². The second-order valence-corrected chi connectivity index (χ2v) is 8.32. The minimum atomic E-state index is 0.403. The molecule has 110 valence electrons. The van der Waals surface area contributed by atoms with Crippen LogP contribution < -0.4 is 10.2 Å². The molecule has 3 rings (SSSR count). The molecule has 0 bridgehead atoms. The zero-order valence-electron chi connectivity index (χ0n) is 12.6. The first-order valence-corrected chi connectivity index (χ1v) is 8.68. The fraction of sp³-hybridized carbons (Fsp3) is 0.688. The Morgan fingerprint density at radius 1 is 1.40 bits per heavy atom. The van der Waals surface area contributed by atoms with E-state index in [2.05, 4.69) is 52.9 Å². The topological polar surface area (TPSA) is 28.2 Å². The van der Waals surface area contributed by atoms with Crippen molar-refractivity contribution in [3.63, 3.8) is 0 Å². The molecule has 0 atom stereocenters. The molecule has 0 amide bonds. The van der Waals surface area contributed by atoms with Crippen LogP contribution in [-0.2, 0) is 6.54 Å². The summed E-state index contributed by atoms with van der Waals surface area (Å²) in [5.74, 6) is 2.34. The van der Waals surface area contributed by atoms with Gasteiger partial charge in [0.25, 0.3) is 0 Å². The molecule has 1 N–H and O–H groups in total. The Morgan fingerprint density at radius 3 is 3.05 bits per heavy atom. The number of aromatic nitrogens is 1. The van der Waals surface area contributed by atoms with Gasteiger partial charge in [-0.2, -0.15) is 11.8 Å². The van der Waals surface area contributed by atoms with Crippen molar-refractivity contribution in [1.29, 1.82) is 0 Å². The molecule has 3 nitrogen and oxygen atoms in total. The summed E-state index contributed by atoms with van der Waals surface area (Å²) in [6.45, 7) is 7.91. The molecule has 1 aromatic rings. The van der Waals surface area contributed by atoms with E-state index in [1.807, 2.05) is 6.20 Å². The fourth-order valence-corrected chi connectivity index (χ4v) is 3.64. The summed E-state index contributed by atoms with van der Waals surface area (Å²) in [4.78, 5) is 7.03. The van der Waals surface area contributed by atoms with E-state index >= 15 is 0 Å². The quantitative estimate of drug-likeness (QED) is 0.923. The lowest BCUT2D eigenvalue weighted by molar-refractivity contribution is 0.634. The monoisotopic (exact) mass is 291 g/mol. The third-order valence-corrected chi connectivity index (χ3v) is 5.52. The highest BCUT2D eigenvalue weighted by molar-refractivity contribution is 8.00. The summed E-state index contributed by atoms with van der Waals surface area (Å²) in [7, 11) is 0. The van der Waals surface area contributed by atoms with Gasteiger partial charge in [0.1, 0.15) is 5.82 Å². The number of rotatable bonds is 4. The van der Waals surface area contributed by atoms with Crippen molar-refractivity contribution in [2.75, 3.05) is 23.7 Å². The van der Waals surface area contributed by atoms with Crippen molar-refractivity contribution in [2.24, 2.45) is 0 Å². The van der Waals surface area contributed by atoms with Crippen molar-refractivity contribution >= 4 is 17.6 Å². The highest BCUT2D eigenvalue weighted by atomic mass is 32.2. The smallest absolute Gasteiger partial charge is 0.128 e. The largest absolute Gasteiger partial charge is 0.356 e. The van der Waals surface area contributed by atoms with Crippen molar-refractivity contribution in [2.45, 2.75) is 50.4 Å². The Morgan fingerprint density at radius 2 is 2.25 bits per heavy atom. The Kier molecular flexibility index (Phi) is 4.22. The van der Waals surface area contributed by atoms with Gasteiger partial charge in [-0.15, -0.1) is 0 Å². The molecule has 2 aliphatic rings. The molecule has 1 aliphatic heterocycles. The van der Waals surface area contributed by atoms with E-state index in [1.165, 1.54) is 30.6 Å². The average Bonchev–Trinajstić information content (AvgIpc) is 3.24. The number of pyridine rings is 1. The van der Waals surface area contributed by atoms with Crippen molar-refractivity contribution < 1.29 is 0 Å². The van der Waals surface area contributed by atoms with Gasteiger partial charge in [0.15, 0.2) is 0 Å². The second-order valence-electron chi connectivity index (χ2n) is 6.52. The first kappa shape index (κ1) is 14.2. The lowest BCUT2D eigenvalue weighted by atomic mass is 10.1. The molecule has 1 aromatic heterocycles. The fourth-order valence-electron chi connectivity index (χ4n) is 2.54. The summed E-state index contributed by atoms with van der Waals surface area (Å²) in [6, 6.07) is 5.16. The van der Waals surface area contributed by atoms with E-state index in [-0.39, 0.29) is 0 Å². The van der Waals surface area contributed by atoms with Gasteiger partial charge in [-0.25, -0.2) is 4.98 Å². The van der Waals surface area contributed by atoms with Gasteiger partial charge >= 0.3 is 0 Å². The zero-order valence-corrected chi connectivity index (χ0v) is 13.4. The predicted octanol–water partition coefficient (Wildman–Crippen LogP) is 3.06. The van der Waals surface area contributed by atoms with E-state index in [9.17, 15) is 0 Å². The summed E-state index contributed by atoms with van der Waals surface area (Å²) in [5.41, 5.74) is 1.36. The van der Waals surface area contributed by atoms with Gasteiger partial charge in [0.2, 0.25) is 0 Å². The van der Waals surface area contributed by atoms with Gasteiger partial charge in [-0.05, 0) is 37.0 Å². The van der Waals surface area contributed by atoms with Gasteiger partial charge in [-0.3, -0.25) is 0 Å². The number of anilines is 1. The van der Waals surface area contributed by atoms with Crippen molar-refractivity contribution in [1.82, 2.24) is 10.3 Å². The number of thioether (sulfide) groups is 1. The van der Waals surface area contributed by atoms with Crippen LogP contribution in [-0.4, -0.2) is 34.6 Å². The molecule has 2 fully saturated rings. The van der Waals surface area contributed by atoms with Crippen LogP contribution in [0.1, 0.15) is 38.7 Å². The first-order valence-electron chi connectivity index (χ1n) is 7.70. The first-order chi connectivity index (χ1) is 9.62. The molecule has 0 spiro atoms. The minimum Gasteiger partial charge on any atom is -0.356 e. The molecule has 4 heteroatoms. The van der Waals surface area contributed by atoms with E-state index in [0.717, 1.165) is 31.5 Å². The maximum Gasteiger partial charge on any atom is 0.128 e. The van der Waals surface area contributed by atoms with Crippen LogP contribution >= 0.6 is 11.8 Å². The van der Waals surface area contributed by atoms with Crippen LogP contribution in [0, 0.1) is 0 Å². The molecule has 2 heterocycles. The molecule has 0 aromatic carbocycles. The predicted molar refractivity (Wildman–Crippen MR) is 87.5 cm³/mol. The molecule has 20 heavy (non-hydrogen) atoms. The highest BCUT2D eigenvalue weighted by Gasteiger charge is 2.24. The third kappa shape index (κ3) is 3.89. The molecule has 1 saturated heterocycles. The van der Waals surface area contributed by atoms with E-state index in [4.69, 9.17) is 0 Å². The molecule has 0 unspecified atom stereocenters. The Balaban J connectivity index is 1.64. The summed E-state index contributed by atoms with van der Waals surface area (Å²) < 4.78 is 0.403. The van der Waals surface area contributed by atoms with Crippen LogP contribution in [0.5, 0.6) is 0 Å². The maximum atomic E-state index is 4.58. The zero-order chi connectivity index (χ0) is 14.0. The van der Waals surface area contributed by atoms with Gasteiger partial charge in [-0.1, -0.05) is 13.8 Å². The Bertz CT molecular complexity index is 457. The molecule has 1 saturated carbocycles. The van der Waals surface area contributed by atoms with Crippen LogP contribution in [0.3, 0.4) is 0 Å². The number of hydrogen-bond acceptors (Lipinski definition) is 4. The summed E-state index contributed by atoms with van der Waals surface area (Å²) in [5, 5.41) is 3.58. The van der Waals surface area contributed by atoms with E-state index in [0.29, 0.717) is 4.75 Å². The lowest BCUT2D eigenvalue weighted by Gasteiger charge is -2.23. The van der Waals surface area contributed by atoms with E-state index in [1.54, 1.807) is 0 Å². The SMILES string of the molecule is CC1(C)CCN(c2cc(CNC3CC3)ccn2)CCS1. The van der Waals surface area contributed by atoms with Gasteiger partial charge in [0, 0.05) is 42.4 Å². The van der Waals surface area contributed by atoms with Crippen molar-refractivity contribution in [3.8, 4) is 0 Å². The standard InChI is InChI=1S/C16H25N3S/c1-16(2)6-8-19(9-10-20-16)15-11-13(5-7-17-15)12-18-14-3-4-14/h5,7,11,14,18H,3-4,6,8-10,12H2,1-2H3. The molecule has 0 radical (unpaired) electrons. The van der Waals surface area contributed by atoms with Crippen LogP contribution in [0.15, 0.2) is 18.3 Å². The number of nitrogens with one attached hydrogen (secondary N) is 1. The molecule has 1 aliphatic carbocycles. The van der Waals surface area contributed by atoms with Crippen LogP contribution in [0.2, 0.25) is 0 Å². The summed E-state index contributed by atoms with van der Waals surface area (Å²) in [6.07, 6.45) is 5.87. The van der Waals surface area contributed by atoms with Crippen LogP contribution in [0.4, 0.5) is 5.82 Å². The van der Waals surface area contributed by atoms with E-state index < -0.39 is 0 Å². The molecular weight excluding hydrogens is 266 g/mol. The van der Waals surface area contributed by atoms with Gasteiger partial charge < -0.3 is 10.2 Å². The maximum absolute atomic E-state index is 4.58. The second kappa shape index (κ2) is 5.94. The third-order valence-electron chi connectivity index (χ3n) is 4.14. The minimum absolute atomic E-state index is 0.403.